The summed E-state index contributed by atoms with van der Waals surface area (Å²) in [5.41, 5.74) is 1.85. The van der Waals surface area contributed by atoms with Gasteiger partial charge >= 0.3 is 0 Å². The van der Waals surface area contributed by atoms with E-state index in [0.29, 0.717) is 0 Å². The Morgan fingerprint density at radius 1 is 1.47 bits per heavy atom. The molecule has 0 unspecified atom stereocenters. The minimum atomic E-state index is 0.0290. The predicted molar refractivity (Wildman–Crippen MR) is 63.4 cm³/mol. The lowest BCUT2D eigenvalue weighted by Gasteiger charge is -2.14. The Morgan fingerprint density at radius 2 is 2.20 bits per heavy atom. The van der Waals surface area contributed by atoms with Gasteiger partial charge in [-0.05, 0) is 25.1 Å². The summed E-state index contributed by atoms with van der Waals surface area (Å²) in [6.07, 6.45) is 0. The highest BCUT2D eigenvalue weighted by Crippen LogP contribution is 2.25. The van der Waals surface area contributed by atoms with E-state index in [2.05, 4.69) is 4.98 Å². The fraction of sp³-hybridized carbons (Fsp3) is 0.273. The molecule has 0 aliphatic rings. The van der Waals surface area contributed by atoms with Crippen molar-refractivity contribution in [2.75, 3.05) is 11.9 Å². The average molecular weight is 220 g/mol. The fourth-order valence-corrected chi connectivity index (χ4v) is 2.23. The van der Waals surface area contributed by atoms with Crippen LogP contribution in [0.2, 0.25) is 0 Å². The van der Waals surface area contributed by atoms with Crippen LogP contribution >= 0.6 is 11.3 Å². The second-order valence-corrected chi connectivity index (χ2v) is 4.70. The molecule has 4 heteroatoms. The van der Waals surface area contributed by atoms with Crippen LogP contribution < -0.4 is 4.90 Å². The van der Waals surface area contributed by atoms with E-state index in [9.17, 15) is 4.79 Å². The summed E-state index contributed by atoms with van der Waals surface area (Å²) in [5, 5.41) is 1.05. The van der Waals surface area contributed by atoms with Crippen LogP contribution in [0.15, 0.2) is 18.2 Å². The van der Waals surface area contributed by atoms with Crippen molar-refractivity contribution in [2.24, 2.45) is 0 Å². The van der Waals surface area contributed by atoms with Crippen LogP contribution in [0, 0.1) is 6.92 Å². The van der Waals surface area contributed by atoms with E-state index in [1.165, 1.54) is 0 Å². The summed E-state index contributed by atoms with van der Waals surface area (Å²) in [6.45, 7) is 3.54. The third-order valence-corrected chi connectivity index (χ3v) is 3.29. The Kier molecular flexibility index (Phi) is 2.44. The van der Waals surface area contributed by atoms with Gasteiger partial charge < -0.3 is 4.90 Å². The molecule has 0 aliphatic carbocycles. The van der Waals surface area contributed by atoms with Gasteiger partial charge in [0, 0.05) is 19.7 Å². The number of fused-ring (bicyclic) bond motifs is 1. The van der Waals surface area contributed by atoms with Crippen LogP contribution in [0.4, 0.5) is 5.69 Å². The summed E-state index contributed by atoms with van der Waals surface area (Å²) < 4.78 is 1.16. The molecule has 0 saturated carbocycles. The van der Waals surface area contributed by atoms with Crippen molar-refractivity contribution < 1.29 is 4.79 Å². The molecule has 15 heavy (non-hydrogen) atoms. The molecule has 0 radical (unpaired) electrons. The first-order valence-corrected chi connectivity index (χ1v) is 5.51. The third kappa shape index (κ3) is 1.85. The Hall–Kier alpha value is -1.42. The van der Waals surface area contributed by atoms with Crippen LogP contribution in [-0.4, -0.2) is 17.9 Å². The molecule has 0 bridgehead atoms. The number of aryl methyl sites for hydroxylation is 1. The van der Waals surface area contributed by atoms with E-state index in [0.717, 1.165) is 20.9 Å². The minimum absolute atomic E-state index is 0.0290. The number of aromatic nitrogens is 1. The number of rotatable bonds is 1. The number of amides is 1. The number of carbonyl (C=O) groups excluding carboxylic acids is 1. The van der Waals surface area contributed by atoms with Crippen LogP contribution in [0.1, 0.15) is 11.9 Å². The average Bonchev–Trinajstić information content (AvgIpc) is 2.55. The molecule has 0 spiro atoms. The second-order valence-electron chi connectivity index (χ2n) is 3.46. The highest BCUT2D eigenvalue weighted by atomic mass is 32.1. The summed E-state index contributed by atoms with van der Waals surface area (Å²) in [6, 6.07) is 5.90. The molecule has 1 aromatic heterocycles. The van der Waals surface area contributed by atoms with Crippen molar-refractivity contribution in [1.29, 1.82) is 0 Å². The third-order valence-electron chi connectivity index (χ3n) is 2.34. The first-order valence-electron chi connectivity index (χ1n) is 4.69. The van der Waals surface area contributed by atoms with Gasteiger partial charge in [-0.25, -0.2) is 4.98 Å². The van der Waals surface area contributed by atoms with E-state index in [-0.39, 0.29) is 5.91 Å². The molecule has 1 heterocycles. The van der Waals surface area contributed by atoms with Crippen molar-refractivity contribution in [3.8, 4) is 0 Å². The molecule has 2 rings (SSSR count). The summed E-state index contributed by atoms with van der Waals surface area (Å²) in [5.74, 6) is 0.0290. The zero-order chi connectivity index (χ0) is 11.0. The Bertz CT molecular complexity index is 518. The normalized spacial score (nSPS) is 10.6. The number of thiazole rings is 1. The van der Waals surface area contributed by atoms with Gasteiger partial charge in [-0.1, -0.05) is 0 Å². The van der Waals surface area contributed by atoms with Gasteiger partial charge in [0.25, 0.3) is 0 Å². The number of anilines is 1. The van der Waals surface area contributed by atoms with E-state index in [1.54, 1.807) is 30.2 Å². The van der Waals surface area contributed by atoms with Crippen LogP contribution in [-0.2, 0) is 4.79 Å². The number of carbonyl (C=O) groups is 1. The van der Waals surface area contributed by atoms with Crippen molar-refractivity contribution in [3.05, 3.63) is 23.2 Å². The first-order chi connectivity index (χ1) is 7.08. The standard InChI is InChI=1S/C11H12N2OS/c1-7-12-10-6-9(13(3)8(2)14)4-5-11(10)15-7/h4-6H,1-3H3. The maximum Gasteiger partial charge on any atom is 0.223 e. The van der Waals surface area contributed by atoms with Gasteiger partial charge in [-0.3, -0.25) is 4.79 Å². The smallest absolute Gasteiger partial charge is 0.223 e. The Labute approximate surface area is 92.4 Å². The molecular weight excluding hydrogens is 208 g/mol. The molecule has 78 valence electrons. The van der Waals surface area contributed by atoms with E-state index in [1.807, 2.05) is 25.1 Å². The lowest BCUT2D eigenvalue weighted by molar-refractivity contribution is -0.116. The van der Waals surface area contributed by atoms with Crippen LogP contribution in [0.25, 0.3) is 10.2 Å². The lowest BCUT2D eigenvalue weighted by Crippen LogP contribution is -2.22. The van der Waals surface area contributed by atoms with E-state index < -0.39 is 0 Å². The number of benzene rings is 1. The van der Waals surface area contributed by atoms with Gasteiger partial charge in [0.15, 0.2) is 0 Å². The predicted octanol–water partition coefficient (Wildman–Crippen LogP) is 2.59. The van der Waals surface area contributed by atoms with Crippen LogP contribution in [0.5, 0.6) is 0 Å². The molecular formula is C11H12N2OS. The molecule has 0 atom stereocenters. The fourth-order valence-electron chi connectivity index (χ4n) is 1.42. The number of nitrogens with zero attached hydrogens (tertiary/aromatic N) is 2. The summed E-state index contributed by atoms with van der Waals surface area (Å²) in [4.78, 5) is 17.2. The van der Waals surface area contributed by atoms with Crippen LogP contribution in [0.3, 0.4) is 0 Å². The lowest BCUT2D eigenvalue weighted by atomic mass is 10.3. The van der Waals surface area contributed by atoms with Crippen molar-refractivity contribution in [2.45, 2.75) is 13.8 Å². The van der Waals surface area contributed by atoms with Crippen molar-refractivity contribution >= 4 is 33.1 Å². The topological polar surface area (TPSA) is 33.2 Å². The molecule has 3 nitrogen and oxygen atoms in total. The minimum Gasteiger partial charge on any atom is -0.316 e. The maximum absolute atomic E-state index is 11.2. The van der Waals surface area contributed by atoms with Crippen molar-refractivity contribution in [1.82, 2.24) is 4.98 Å². The summed E-state index contributed by atoms with van der Waals surface area (Å²) >= 11 is 1.67. The monoisotopic (exact) mass is 220 g/mol. The first kappa shape index (κ1) is 10.1. The SMILES string of the molecule is CC(=O)N(C)c1ccc2sc(C)nc2c1. The Balaban J connectivity index is 2.50. The quantitative estimate of drug-likeness (QED) is 0.740. The van der Waals surface area contributed by atoms with Crippen molar-refractivity contribution in [3.63, 3.8) is 0 Å². The van der Waals surface area contributed by atoms with Gasteiger partial charge in [-0.2, -0.15) is 0 Å². The van der Waals surface area contributed by atoms with Gasteiger partial charge in [0.05, 0.1) is 15.2 Å². The van der Waals surface area contributed by atoms with E-state index in [4.69, 9.17) is 0 Å². The van der Waals surface area contributed by atoms with Gasteiger partial charge in [0.2, 0.25) is 5.91 Å². The molecule has 1 aromatic carbocycles. The van der Waals surface area contributed by atoms with Gasteiger partial charge in [-0.15, -0.1) is 11.3 Å². The molecule has 0 aliphatic heterocycles. The highest BCUT2D eigenvalue weighted by molar-refractivity contribution is 7.18. The molecule has 0 saturated heterocycles. The second kappa shape index (κ2) is 3.62. The summed E-state index contributed by atoms with van der Waals surface area (Å²) in [7, 11) is 1.77. The zero-order valence-corrected chi connectivity index (χ0v) is 9.76. The number of hydrogen-bond donors (Lipinski definition) is 0. The highest BCUT2D eigenvalue weighted by Gasteiger charge is 2.07. The van der Waals surface area contributed by atoms with Gasteiger partial charge in [0.1, 0.15) is 0 Å². The molecule has 1 amide bonds. The largest absolute Gasteiger partial charge is 0.316 e. The van der Waals surface area contributed by atoms with E-state index >= 15 is 0 Å². The zero-order valence-electron chi connectivity index (χ0n) is 8.94. The molecule has 0 N–H and O–H groups in total. The Morgan fingerprint density at radius 3 is 2.87 bits per heavy atom. The maximum atomic E-state index is 11.2. The molecule has 0 fully saturated rings. The molecule has 2 aromatic rings. The number of hydrogen-bond acceptors (Lipinski definition) is 3.